The average molecular weight is 1160 g/mol. The molecule has 0 aliphatic carbocycles. The fraction of sp³-hybridized carbons (Fsp3) is 0.464. The molecule has 0 saturated carbocycles. The Morgan fingerprint density at radius 1 is 0.887 bits per heavy atom. The maximum atomic E-state index is 13.9. The third kappa shape index (κ3) is 15.5. The van der Waals surface area contributed by atoms with Crippen molar-refractivity contribution in [3.05, 3.63) is 87.7 Å². The molecule has 6 N–H and O–H groups in total. The standard InChI is InChI=1S/C56H72Cl2N12O9S/c1-33(63-53(74)41-26-39(72)29-70(41)54(75)52(56(4,5)6)64-35(3)71)40-18-13-36(51-34(2)62-32-80-51)25-42(40)79-24-12-10-11-19-59-47(73)30-68-20-22-69(23-21-68)38-16-14-37(15-17-38)65-45-28-46(61-31-60-45)67(7)55(76)66-50-48(57)43(77-8)27-44(78-9)49(50)58/h13-18,25,27-28,31-33,39,41,52,72H,10-12,19-24,26,29-30H2,1-9H3,(H,59,73)(H,63,74)(H,64,71)(H,66,76)(H,60,61,65). The normalized spacial score (nSPS) is 16.3. The zero-order valence-electron chi connectivity index (χ0n) is 46.7. The van der Waals surface area contributed by atoms with E-state index in [9.17, 15) is 29.1 Å². The summed E-state index contributed by atoms with van der Waals surface area (Å²) in [7, 11) is 4.44. The molecule has 430 valence electrons. The Hall–Kier alpha value is -6.98. The Bertz CT molecular complexity index is 2960. The van der Waals surface area contributed by atoms with Crippen LogP contribution in [0.3, 0.4) is 0 Å². The van der Waals surface area contributed by atoms with Gasteiger partial charge in [0, 0.05) is 88.7 Å². The first-order chi connectivity index (χ1) is 38.1. The van der Waals surface area contributed by atoms with Crippen LogP contribution in [0.2, 0.25) is 10.0 Å². The van der Waals surface area contributed by atoms with E-state index in [0.29, 0.717) is 37.1 Å². The lowest BCUT2D eigenvalue weighted by Crippen LogP contribution is -2.57. The Kier molecular flexibility index (Phi) is 20.8. The molecule has 0 bridgehead atoms. The molecule has 0 radical (unpaired) electrons. The minimum absolute atomic E-state index is 0.0181. The van der Waals surface area contributed by atoms with Gasteiger partial charge in [0.15, 0.2) is 0 Å². The monoisotopic (exact) mass is 1160 g/mol. The van der Waals surface area contributed by atoms with Crippen LogP contribution >= 0.6 is 34.5 Å². The second-order valence-corrected chi connectivity index (χ2v) is 22.5. The number of aliphatic hydroxyl groups excluding tert-OH is 1. The number of carbonyl (C=O) groups excluding carboxylic acids is 5. The van der Waals surface area contributed by atoms with Gasteiger partial charge in [-0.05, 0) is 74.4 Å². The average Bonchev–Trinajstić information content (AvgIpc) is 4.06. The van der Waals surface area contributed by atoms with Crippen LogP contribution < -0.4 is 50.6 Å². The number of aromatic nitrogens is 3. The van der Waals surface area contributed by atoms with E-state index in [1.54, 1.807) is 18.6 Å². The Morgan fingerprint density at radius 2 is 1.59 bits per heavy atom. The number of nitrogens with zero attached hydrogens (tertiary/aromatic N) is 7. The topological polar surface area (TPSA) is 245 Å². The third-order valence-electron chi connectivity index (χ3n) is 13.9. The van der Waals surface area contributed by atoms with Crippen molar-refractivity contribution in [1.29, 1.82) is 0 Å². The van der Waals surface area contributed by atoms with Crippen molar-refractivity contribution >= 4 is 92.9 Å². The van der Waals surface area contributed by atoms with Crippen LogP contribution in [-0.2, 0) is 19.2 Å². The van der Waals surface area contributed by atoms with Gasteiger partial charge in [0.25, 0.3) is 0 Å². The van der Waals surface area contributed by atoms with E-state index in [0.717, 1.165) is 78.5 Å². The number of rotatable bonds is 22. The molecule has 5 aromatic rings. The molecule has 4 heterocycles. The van der Waals surface area contributed by atoms with E-state index < -0.39 is 47.5 Å². The quantitative estimate of drug-likeness (QED) is 0.0362. The number of halogens is 2. The van der Waals surface area contributed by atoms with Gasteiger partial charge in [0.1, 0.15) is 57.3 Å². The molecule has 2 aliphatic rings. The molecular weight excluding hydrogens is 1090 g/mol. The highest BCUT2D eigenvalue weighted by atomic mass is 35.5. The lowest BCUT2D eigenvalue weighted by molar-refractivity contribution is -0.144. The molecule has 4 atom stereocenters. The molecule has 6 amide bonds. The van der Waals surface area contributed by atoms with Gasteiger partial charge in [-0.15, -0.1) is 11.3 Å². The number of urea groups is 1. The number of likely N-dealkylation sites (tertiary alicyclic amines) is 1. The maximum absolute atomic E-state index is 13.9. The molecule has 24 heteroatoms. The van der Waals surface area contributed by atoms with Gasteiger partial charge in [-0.1, -0.05) is 56.1 Å². The SMILES string of the molecule is COc1cc(OC)c(Cl)c(NC(=O)N(C)c2cc(Nc3ccc(N4CCN(CC(=O)NCCCCCOc5cc(-c6scnc6C)ccc5C(C)NC(=O)C5CC(O)CN5C(=O)C(NC(C)=O)C(C)(C)C)CC4)cc3)ncn2)c1Cl. The number of hydrogen-bond donors (Lipinski definition) is 6. The molecule has 0 spiro atoms. The number of thiazole rings is 1. The number of aliphatic hydroxyl groups is 1. The smallest absolute Gasteiger partial charge is 0.327 e. The van der Waals surface area contributed by atoms with Crippen molar-refractivity contribution in [3.63, 3.8) is 0 Å². The van der Waals surface area contributed by atoms with Crippen LogP contribution in [0.1, 0.15) is 77.6 Å². The van der Waals surface area contributed by atoms with Gasteiger partial charge >= 0.3 is 6.03 Å². The minimum Gasteiger partial charge on any atom is -0.495 e. The number of ether oxygens (including phenoxy) is 3. The summed E-state index contributed by atoms with van der Waals surface area (Å²) in [5.41, 5.74) is 5.72. The molecular formula is C56H72Cl2N12O9S. The molecule has 7 rings (SSSR count). The first kappa shape index (κ1) is 60.7. The van der Waals surface area contributed by atoms with Gasteiger partial charge in [-0.25, -0.2) is 19.7 Å². The Morgan fingerprint density at radius 3 is 2.23 bits per heavy atom. The molecule has 2 aliphatic heterocycles. The Labute approximate surface area is 481 Å². The highest BCUT2D eigenvalue weighted by molar-refractivity contribution is 7.13. The van der Waals surface area contributed by atoms with Gasteiger partial charge in [0.05, 0.1) is 61.3 Å². The van der Waals surface area contributed by atoms with E-state index in [-0.39, 0.29) is 52.0 Å². The predicted octanol–water partition coefficient (Wildman–Crippen LogP) is 7.82. The lowest BCUT2D eigenvalue weighted by Gasteiger charge is -2.35. The van der Waals surface area contributed by atoms with Gasteiger partial charge in [0.2, 0.25) is 23.6 Å². The molecule has 2 saturated heterocycles. The second kappa shape index (κ2) is 27.5. The van der Waals surface area contributed by atoms with Crippen LogP contribution in [0.5, 0.6) is 17.2 Å². The summed E-state index contributed by atoms with van der Waals surface area (Å²) in [5, 5.41) is 25.8. The highest BCUT2D eigenvalue weighted by Gasteiger charge is 2.44. The third-order valence-corrected chi connectivity index (χ3v) is 15.7. The van der Waals surface area contributed by atoms with Crippen molar-refractivity contribution in [1.82, 2.24) is 40.7 Å². The summed E-state index contributed by atoms with van der Waals surface area (Å²) >= 11 is 14.5. The molecule has 21 nitrogen and oxygen atoms in total. The maximum Gasteiger partial charge on any atom is 0.327 e. The number of nitrogens with one attached hydrogen (secondary N) is 5. The number of unbranched alkanes of at least 4 members (excludes halogenated alkanes) is 2. The molecule has 2 aromatic heterocycles. The number of anilines is 5. The van der Waals surface area contributed by atoms with E-state index in [1.165, 1.54) is 54.7 Å². The fourth-order valence-corrected chi connectivity index (χ4v) is 10.9. The number of methoxy groups -OCH3 is 2. The second-order valence-electron chi connectivity index (χ2n) is 20.9. The van der Waals surface area contributed by atoms with Crippen molar-refractivity contribution in [2.45, 2.75) is 91.5 Å². The van der Waals surface area contributed by atoms with Crippen molar-refractivity contribution in [2.24, 2.45) is 5.41 Å². The zero-order valence-corrected chi connectivity index (χ0v) is 49.0. The molecule has 2 fully saturated rings. The largest absolute Gasteiger partial charge is 0.495 e. The van der Waals surface area contributed by atoms with Gasteiger partial charge < -0.3 is 55.7 Å². The summed E-state index contributed by atoms with van der Waals surface area (Å²) in [6, 6.07) is 14.1. The number of piperazine rings is 1. The fourth-order valence-electron chi connectivity index (χ4n) is 9.48. The first-order valence-corrected chi connectivity index (χ1v) is 28.1. The van der Waals surface area contributed by atoms with Crippen LogP contribution in [0.25, 0.3) is 10.4 Å². The number of benzene rings is 3. The van der Waals surface area contributed by atoms with Crippen LogP contribution in [0.4, 0.5) is 33.5 Å². The summed E-state index contributed by atoms with van der Waals surface area (Å²) < 4.78 is 17.0. The molecule has 80 heavy (non-hydrogen) atoms. The van der Waals surface area contributed by atoms with E-state index in [4.69, 9.17) is 37.4 Å². The summed E-state index contributed by atoms with van der Waals surface area (Å²) in [6.45, 7) is 14.9. The van der Waals surface area contributed by atoms with Crippen molar-refractivity contribution in [2.75, 3.05) is 94.1 Å². The van der Waals surface area contributed by atoms with Crippen LogP contribution in [-0.4, -0.2) is 151 Å². The summed E-state index contributed by atoms with van der Waals surface area (Å²) in [5.74, 6) is 0.740. The van der Waals surface area contributed by atoms with Crippen LogP contribution in [0.15, 0.2) is 66.4 Å². The van der Waals surface area contributed by atoms with E-state index >= 15 is 0 Å². The number of hydrogen-bond acceptors (Lipinski definition) is 16. The highest BCUT2D eigenvalue weighted by Crippen LogP contribution is 2.44. The Balaban J connectivity index is 0.835. The van der Waals surface area contributed by atoms with Gasteiger partial charge in [-0.3, -0.25) is 29.0 Å². The van der Waals surface area contributed by atoms with Crippen molar-refractivity contribution < 1.29 is 43.3 Å². The molecule has 3 aromatic carbocycles. The first-order valence-electron chi connectivity index (χ1n) is 26.5. The predicted molar refractivity (Wildman–Crippen MR) is 312 cm³/mol. The molecule has 4 unspecified atom stereocenters. The van der Waals surface area contributed by atoms with Gasteiger partial charge in [-0.2, -0.15) is 0 Å². The van der Waals surface area contributed by atoms with Crippen LogP contribution in [0, 0.1) is 12.3 Å². The van der Waals surface area contributed by atoms with E-state index in [2.05, 4.69) is 51.3 Å². The number of β-amino-alcohol motifs (C(OH)–C–C–N with tert-alkyl or cyclic N) is 1. The minimum atomic E-state index is -0.927. The van der Waals surface area contributed by atoms with E-state index in [1.807, 2.05) is 77.1 Å². The summed E-state index contributed by atoms with van der Waals surface area (Å²) in [4.78, 5) is 87.3. The number of amides is 6. The zero-order chi connectivity index (χ0) is 57.8. The lowest BCUT2D eigenvalue weighted by atomic mass is 9.85. The number of carbonyl (C=O) groups is 5. The number of aryl methyl sites for hydroxylation is 1. The van der Waals surface area contributed by atoms with Crippen molar-refractivity contribution in [3.8, 4) is 27.7 Å². The summed E-state index contributed by atoms with van der Waals surface area (Å²) in [6.07, 6.45) is 2.85.